The minimum absolute atomic E-state index is 0.0329. The fourth-order valence-electron chi connectivity index (χ4n) is 1.83. The molecule has 108 valence electrons. The van der Waals surface area contributed by atoms with Crippen molar-refractivity contribution < 1.29 is 9.18 Å². The van der Waals surface area contributed by atoms with E-state index in [0.717, 1.165) is 10.0 Å². The predicted octanol–water partition coefficient (Wildman–Crippen LogP) is 3.78. The van der Waals surface area contributed by atoms with Gasteiger partial charge in [0.15, 0.2) is 0 Å². The van der Waals surface area contributed by atoms with E-state index in [1.54, 1.807) is 31.2 Å². The van der Waals surface area contributed by atoms with Crippen LogP contribution < -0.4 is 11.1 Å². The fourth-order valence-corrected chi connectivity index (χ4v) is 2.37. The second kappa shape index (κ2) is 6.32. The number of halogens is 2. The van der Waals surface area contributed by atoms with Crippen LogP contribution in [0.5, 0.6) is 0 Å². The van der Waals surface area contributed by atoms with Crippen molar-refractivity contribution >= 4 is 44.7 Å². The van der Waals surface area contributed by atoms with Crippen molar-refractivity contribution in [2.75, 3.05) is 5.32 Å². The Hall–Kier alpha value is -1.79. The number of benzene rings is 2. The molecular weight excluding hydrogens is 355 g/mol. The highest BCUT2D eigenvalue weighted by Crippen LogP contribution is 2.22. The van der Waals surface area contributed by atoms with Gasteiger partial charge in [0.2, 0.25) is 0 Å². The Morgan fingerprint density at radius 3 is 2.52 bits per heavy atom. The monoisotopic (exact) mass is 366 g/mol. The van der Waals surface area contributed by atoms with Crippen molar-refractivity contribution in [2.24, 2.45) is 5.73 Å². The number of thiocarbonyl (C=S) groups is 1. The Bertz CT molecular complexity index is 734. The lowest BCUT2D eigenvalue weighted by Crippen LogP contribution is -2.18. The van der Waals surface area contributed by atoms with E-state index in [1.807, 2.05) is 0 Å². The van der Waals surface area contributed by atoms with Crippen LogP contribution in [0, 0.1) is 12.7 Å². The number of anilines is 1. The molecule has 0 aliphatic heterocycles. The molecule has 0 saturated carbocycles. The summed E-state index contributed by atoms with van der Waals surface area (Å²) < 4.78 is 14.6. The zero-order valence-corrected chi connectivity index (χ0v) is 13.5. The van der Waals surface area contributed by atoms with Gasteiger partial charge in [-0.25, -0.2) is 4.39 Å². The molecule has 2 rings (SSSR count). The van der Waals surface area contributed by atoms with Gasteiger partial charge in [-0.2, -0.15) is 0 Å². The molecule has 3 N–H and O–H groups in total. The number of carbonyl (C=O) groups is 1. The first-order valence-electron chi connectivity index (χ1n) is 6.05. The van der Waals surface area contributed by atoms with Crippen LogP contribution in [0.2, 0.25) is 0 Å². The quantitative estimate of drug-likeness (QED) is 0.812. The summed E-state index contributed by atoms with van der Waals surface area (Å²) >= 11 is 8.25. The zero-order chi connectivity index (χ0) is 15.6. The van der Waals surface area contributed by atoms with Crippen molar-refractivity contribution in [3.8, 4) is 0 Å². The van der Waals surface area contributed by atoms with Gasteiger partial charge < -0.3 is 11.1 Å². The predicted molar refractivity (Wildman–Crippen MR) is 89.1 cm³/mol. The Balaban J connectivity index is 2.35. The zero-order valence-electron chi connectivity index (χ0n) is 11.1. The number of nitrogens with one attached hydrogen (secondary N) is 1. The van der Waals surface area contributed by atoms with Gasteiger partial charge in [0.05, 0.1) is 11.3 Å². The second-order valence-electron chi connectivity index (χ2n) is 4.49. The number of hydrogen-bond acceptors (Lipinski definition) is 2. The first-order valence-corrected chi connectivity index (χ1v) is 7.25. The number of nitrogens with two attached hydrogens (primary N) is 1. The third-order valence-corrected chi connectivity index (χ3v) is 3.58. The molecule has 0 heterocycles. The van der Waals surface area contributed by atoms with Crippen LogP contribution in [0.4, 0.5) is 10.1 Å². The van der Waals surface area contributed by atoms with E-state index in [0.29, 0.717) is 11.3 Å². The average Bonchev–Trinajstić information content (AvgIpc) is 2.37. The lowest BCUT2D eigenvalue weighted by Gasteiger charge is -2.11. The maximum atomic E-state index is 13.8. The lowest BCUT2D eigenvalue weighted by molar-refractivity contribution is 0.102. The number of amides is 1. The molecule has 0 radical (unpaired) electrons. The maximum Gasteiger partial charge on any atom is 0.258 e. The van der Waals surface area contributed by atoms with Crippen LogP contribution in [-0.2, 0) is 0 Å². The van der Waals surface area contributed by atoms with Crippen molar-refractivity contribution in [3.63, 3.8) is 0 Å². The smallest absolute Gasteiger partial charge is 0.258 e. The highest BCUT2D eigenvalue weighted by Gasteiger charge is 2.14. The molecule has 0 spiro atoms. The highest BCUT2D eigenvalue weighted by molar-refractivity contribution is 9.10. The Kier molecular flexibility index (Phi) is 4.69. The van der Waals surface area contributed by atoms with E-state index in [2.05, 4.69) is 21.2 Å². The molecule has 0 fully saturated rings. The van der Waals surface area contributed by atoms with Crippen LogP contribution >= 0.6 is 28.1 Å². The van der Waals surface area contributed by atoms with E-state index in [9.17, 15) is 9.18 Å². The largest absolute Gasteiger partial charge is 0.389 e. The van der Waals surface area contributed by atoms with Crippen molar-refractivity contribution in [1.29, 1.82) is 0 Å². The molecule has 0 atom stereocenters. The van der Waals surface area contributed by atoms with E-state index >= 15 is 0 Å². The Morgan fingerprint density at radius 1 is 1.24 bits per heavy atom. The summed E-state index contributed by atoms with van der Waals surface area (Å²) in [5, 5.41) is 2.63. The minimum Gasteiger partial charge on any atom is -0.389 e. The summed E-state index contributed by atoms with van der Waals surface area (Å²) in [7, 11) is 0. The van der Waals surface area contributed by atoms with Gasteiger partial charge in [0.1, 0.15) is 10.8 Å². The topological polar surface area (TPSA) is 55.1 Å². The summed E-state index contributed by atoms with van der Waals surface area (Å²) in [6, 6.07) is 9.54. The van der Waals surface area contributed by atoms with Gasteiger partial charge >= 0.3 is 0 Å². The van der Waals surface area contributed by atoms with Gasteiger partial charge in [-0.1, -0.05) is 34.2 Å². The Labute approximate surface area is 135 Å². The number of hydrogen-bond donors (Lipinski definition) is 2. The van der Waals surface area contributed by atoms with Crippen LogP contribution in [0.1, 0.15) is 21.5 Å². The summed E-state index contributed by atoms with van der Waals surface area (Å²) in [6.45, 7) is 1.75. The van der Waals surface area contributed by atoms with Gasteiger partial charge in [0.25, 0.3) is 5.91 Å². The van der Waals surface area contributed by atoms with E-state index in [4.69, 9.17) is 18.0 Å². The van der Waals surface area contributed by atoms with Crippen molar-refractivity contribution in [1.82, 2.24) is 0 Å². The van der Waals surface area contributed by atoms with Crippen LogP contribution in [0.25, 0.3) is 0 Å². The summed E-state index contributed by atoms with van der Waals surface area (Å²) in [4.78, 5) is 12.3. The number of carbonyl (C=O) groups excluding carboxylic acids is 1. The van der Waals surface area contributed by atoms with E-state index < -0.39 is 11.7 Å². The molecule has 0 saturated heterocycles. The molecule has 0 aromatic heterocycles. The van der Waals surface area contributed by atoms with Crippen molar-refractivity contribution in [3.05, 3.63) is 63.4 Å². The van der Waals surface area contributed by atoms with Crippen LogP contribution in [0.3, 0.4) is 0 Å². The van der Waals surface area contributed by atoms with Crippen molar-refractivity contribution in [2.45, 2.75) is 6.92 Å². The molecule has 0 aliphatic rings. The molecule has 21 heavy (non-hydrogen) atoms. The lowest BCUT2D eigenvalue weighted by atomic mass is 10.1. The summed E-state index contributed by atoms with van der Waals surface area (Å²) in [5.74, 6) is -1.12. The molecule has 1 amide bonds. The third-order valence-electron chi connectivity index (χ3n) is 2.86. The third kappa shape index (κ3) is 3.65. The highest BCUT2D eigenvalue weighted by atomic mass is 79.9. The van der Waals surface area contributed by atoms with Gasteiger partial charge in [-0.05, 0) is 42.8 Å². The van der Waals surface area contributed by atoms with Gasteiger partial charge in [-0.15, -0.1) is 0 Å². The second-order valence-corrected chi connectivity index (χ2v) is 5.85. The summed E-state index contributed by atoms with van der Waals surface area (Å²) in [6.07, 6.45) is 0. The SMILES string of the molecule is Cc1ccc(C(=O)Nc2cc(Br)ccc2C(N)=S)c(F)c1. The van der Waals surface area contributed by atoms with Gasteiger partial charge in [0, 0.05) is 10.0 Å². The number of aryl methyl sites for hydroxylation is 1. The first kappa shape index (κ1) is 15.6. The molecule has 0 bridgehead atoms. The van der Waals surface area contributed by atoms with E-state index in [1.165, 1.54) is 12.1 Å². The Morgan fingerprint density at radius 2 is 1.90 bits per heavy atom. The van der Waals surface area contributed by atoms with E-state index in [-0.39, 0.29) is 10.6 Å². The molecule has 2 aromatic rings. The minimum atomic E-state index is -0.570. The molecule has 0 unspecified atom stereocenters. The maximum absolute atomic E-state index is 13.8. The molecule has 3 nitrogen and oxygen atoms in total. The molecule has 2 aromatic carbocycles. The van der Waals surface area contributed by atoms with Gasteiger partial charge in [-0.3, -0.25) is 4.79 Å². The summed E-state index contributed by atoms with van der Waals surface area (Å²) in [5.41, 5.74) is 7.29. The molecule has 0 aliphatic carbocycles. The standard InChI is InChI=1S/C15H12BrFN2OS/c1-8-2-4-10(12(17)6-8)15(20)19-13-7-9(16)3-5-11(13)14(18)21/h2-7H,1H3,(H2,18,21)(H,19,20). The number of rotatable bonds is 3. The van der Waals surface area contributed by atoms with Crippen LogP contribution in [0.15, 0.2) is 40.9 Å². The van der Waals surface area contributed by atoms with Crippen LogP contribution in [-0.4, -0.2) is 10.9 Å². The molecule has 6 heteroatoms. The average molecular weight is 367 g/mol. The normalized spacial score (nSPS) is 10.2. The molecular formula is C15H12BrFN2OS. The fraction of sp³-hybridized carbons (Fsp3) is 0.0667. The first-order chi connectivity index (χ1) is 9.88.